The van der Waals surface area contributed by atoms with Crippen molar-refractivity contribution in [3.8, 4) is 11.5 Å². The maximum atomic E-state index is 9.93. The van der Waals surface area contributed by atoms with E-state index in [1.807, 2.05) is 6.92 Å². The summed E-state index contributed by atoms with van der Waals surface area (Å²) in [5, 5.41) is 16.4. The van der Waals surface area contributed by atoms with Gasteiger partial charge in [-0.15, -0.1) is 0 Å². The summed E-state index contributed by atoms with van der Waals surface area (Å²) in [5.41, 5.74) is 0.723. The van der Waals surface area contributed by atoms with E-state index >= 15 is 0 Å². The summed E-state index contributed by atoms with van der Waals surface area (Å²) in [6, 6.07) is 5.13. The molecule has 1 heterocycles. The molecule has 1 fully saturated rings. The number of ether oxygens (including phenoxy) is 3. The van der Waals surface area contributed by atoms with Crippen LogP contribution in [0.1, 0.15) is 25.3 Å². The molecule has 1 saturated heterocycles. The summed E-state index contributed by atoms with van der Waals surface area (Å²) in [7, 11) is 1.60. The number of nitrogens with zero attached hydrogens (tertiary/aromatic N) is 1. The second-order valence-corrected chi connectivity index (χ2v) is 5.83. The summed E-state index contributed by atoms with van der Waals surface area (Å²) in [6.07, 6.45) is 2.13. The number of benzene rings is 1. The van der Waals surface area contributed by atoms with Crippen LogP contribution >= 0.6 is 0 Å². The fourth-order valence-corrected chi connectivity index (χ4v) is 2.49. The molecule has 1 aliphatic rings. The highest BCUT2D eigenvalue weighted by Gasteiger charge is 2.15. The van der Waals surface area contributed by atoms with Crippen molar-refractivity contribution in [3.05, 3.63) is 23.8 Å². The van der Waals surface area contributed by atoms with Gasteiger partial charge in [-0.3, -0.25) is 0 Å². The zero-order valence-corrected chi connectivity index (χ0v) is 15.1. The van der Waals surface area contributed by atoms with Crippen molar-refractivity contribution < 1.29 is 19.3 Å². The number of nitrogens with one attached hydrogen (secondary N) is 2. The molecular weight excluding hydrogens is 322 g/mol. The molecule has 3 N–H and O–H groups in total. The van der Waals surface area contributed by atoms with Gasteiger partial charge in [-0.1, -0.05) is 0 Å². The Balaban J connectivity index is 1.77. The molecule has 1 unspecified atom stereocenters. The van der Waals surface area contributed by atoms with Crippen LogP contribution in [0, 0.1) is 0 Å². The van der Waals surface area contributed by atoms with Crippen LogP contribution in [-0.4, -0.2) is 57.2 Å². The summed E-state index contributed by atoms with van der Waals surface area (Å²) >= 11 is 0. The first kappa shape index (κ1) is 19.3. The Bertz CT molecular complexity index is 545. The SMILES string of the molecule is CCNC(=NCc1cc(OC)ccc1O)NCCCOC1CCOC1. The van der Waals surface area contributed by atoms with Crippen LogP contribution in [0.3, 0.4) is 0 Å². The molecule has 1 atom stereocenters. The van der Waals surface area contributed by atoms with Gasteiger partial charge in [0.05, 0.1) is 26.4 Å². The third kappa shape index (κ3) is 6.80. The number of methoxy groups -OCH3 is 1. The third-order valence-corrected chi connectivity index (χ3v) is 3.89. The van der Waals surface area contributed by atoms with E-state index in [0.29, 0.717) is 31.5 Å². The Morgan fingerprint density at radius 1 is 1.40 bits per heavy atom. The normalized spacial score (nSPS) is 17.5. The van der Waals surface area contributed by atoms with Gasteiger partial charge in [0, 0.05) is 31.9 Å². The molecule has 7 heteroatoms. The minimum atomic E-state index is 0.215. The van der Waals surface area contributed by atoms with E-state index in [2.05, 4.69) is 15.6 Å². The molecule has 0 aromatic heterocycles. The van der Waals surface area contributed by atoms with Gasteiger partial charge in [-0.25, -0.2) is 4.99 Å². The fourth-order valence-electron chi connectivity index (χ4n) is 2.49. The van der Waals surface area contributed by atoms with E-state index in [-0.39, 0.29) is 11.9 Å². The largest absolute Gasteiger partial charge is 0.508 e. The van der Waals surface area contributed by atoms with E-state index in [9.17, 15) is 5.11 Å². The Morgan fingerprint density at radius 2 is 2.28 bits per heavy atom. The second kappa shape index (κ2) is 10.8. The lowest BCUT2D eigenvalue weighted by Crippen LogP contribution is -2.38. The van der Waals surface area contributed by atoms with Gasteiger partial charge in [0.1, 0.15) is 11.5 Å². The van der Waals surface area contributed by atoms with Crippen molar-refractivity contribution >= 4 is 5.96 Å². The molecular formula is C18H29N3O4. The molecule has 0 radical (unpaired) electrons. The number of phenolic OH excluding ortho intramolecular Hbond substituents is 1. The number of hydrogen-bond donors (Lipinski definition) is 3. The predicted molar refractivity (Wildman–Crippen MR) is 97.3 cm³/mol. The van der Waals surface area contributed by atoms with E-state index in [0.717, 1.165) is 38.1 Å². The van der Waals surface area contributed by atoms with Gasteiger partial charge < -0.3 is 30.0 Å². The maximum Gasteiger partial charge on any atom is 0.191 e. The van der Waals surface area contributed by atoms with Crippen molar-refractivity contribution in [2.75, 3.05) is 40.0 Å². The lowest BCUT2D eigenvalue weighted by molar-refractivity contribution is 0.0420. The van der Waals surface area contributed by atoms with Crippen molar-refractivity contribution in [3.63, 3.8) is 0 Å². The maximum absolute atomic E-state index is 9.93. The molecule has 0 spiro atoms. The fraction of sp³-hybridized carbons (Fsp3) is 0.611. The lowest BCUT2D eigenvalue weighted by Gasteiger charge is -2.13. The molecule has 0 saturated carbocycles. The summed E-state index contributed by atoms with van der Waals surface area (Å²) in [6.45, 7) is 6.14. The van der Waals surface area contributed by atoms with Crippen LogP contribution in [0.2, 0.25) is 0 Å². The van der Waals surface area contributed by atoms with Gasteiger partial charge in [-0.2, -0.15) is 0 Å². The van der Waals surface area contributed by atoms with Crippen molar-refractivity contribution in [2.45, 2.75) is 32.4 Å². The third-order valence-electron chi connectivity index (χ3n) is 3.89. The molecule has 0 aliphatic carbocycles. The molecule has 1 aliphatic heterocycles. The standard InChI is InChI=1S/C18H29N3O4/c1-3-19-18(20-8-4-9-25-16-7-10-24-13-16)21-12-14-11-15(23-2)5-6-17(14)22/h5-6,11,16,22H,3-4,7-10,12-13H2,1-2H3,(H2,19,20,21). The molecule has 0 amide bonds. The first-order chi connectivity index (χ1) is 12.2. The summed E-state index contributed by atoms with van der Waals surface area (Å²) < 4.78 is 16.2. The Morgan fingerprint density at radius 3 is 3.00 bits per heavy atom. The average molecular weight is 351 g/mol. The van der Waals surface area contributed by atoms with Crippen LogP contribution in [-0.2, 0) is 16.0 Å². The van der Waals surface area contributed by atoms with E-state index < -0.39 is 0 Å². The van der Waals surface area contributed by atoms with Gasteiger partial charge in [-0.05, 0) is 38.0 Å². The van der Waals surface area contributed by atoms with E-state index in [4.69, 9.17) is 14.2 Å². The van der Waals surface area contributed by atoms with Gasteiger partial charge in [0.15, 0.2) is 5.96 Å². The Labute approximate surface area is 149 Å². The van der Waals surface area contributed by atoms with Crippen LogP contribution in [0.4, 0.5) is 0 Å². The minimum absolute atomic E-state index is 0.215. The number of aromatic hydroxyl groups is 1. The highest BCUT2D eigenvalue weighted by molar-refractivity contribution is 5.79. The molecule has 25 heavy (non-hydrogen) atoms. The summed E-state index contributed by atoms with van der Waals surface area (Å²) in [4.78, 5) is 4.51. The number of rotatable bonds is 9. The molecule has 0 bridgehead atoms. The summed E-state index contributed by atoms with van der Waals surface area (Å²) in [5.74, 6) is 1.63. The van der Waals surface area contributed by atoms with Crippen LogP contribution in [0.25, 0.3) is 0 Å². The van der Waals surface area contributed by atoms with Gasteiger partial charge >= 0.3 is 0 Å². The first-order valence-electron chi connectivity index (χ1n) is 8.80. The molecule has 1 aromatic rings. The van der Waals surface area contributed by atoms with Crippen LogP contribution in [0.5, 0.6) is 11.5 Å². The zero-order chi connectivity index (χ0) is 17.9. The van der Waals surface area contributed by atoms with E-state index in [1.165, 1.54) is 0 Å². The van der Waals surface area contributed by atoms with Crippen molar-refractivity contribution in [1.82, 2.24) is 10.6 Å². The van der Waals surface area contributed by atoms with Crippen LogP contribution in [0.15, 0.2) is 23.2 Å². The quantitative estimate of drug-likeness (QED) is 0.356. The molecule has 1 aromatic carbocycles. The number of aliphatic imine (C=N–C) groups is 1. The predicted octanol–water partition coefficient (Wildman–Crippen LogP) is 1.65. The molecule has 140 valence electrons. The monoisotopic (exact) mass is 351 g/mol. The van der Waals surface area contributed by atoms with E-state index in [1.54, 1.807) is 25.3 Å². The van der Waals surface area contributed by atoms with Gasteiger partial charge in [0.25, 0.3) is 0 Å². The average Bonchev–Trinajstić information content (AvgIpc) is 3.14. The van der Waals surface area contributed by atoms with Crippen LogP contribution < -0.4 is 15.4 Å². The zero-order valence-electron chi connectivity index (χ0n) is 15.1. The van der Waals surface area contributed by atoms with Crippen molar-refractivity contribution in [2.24, 2.45) is 4.99 Å². The topological polar surface area (TPSA) is 84.3 Å². The molecule has 2 rings (SSSR count). The van der Waals surface area contributed by atoms with Crippen molar-refractivity contribution in [1.29, 1.82) is 0 Å². The number of guanidine groups is 1. The number of hydrogen-bond acceptors (Lipinski definition) is 5. The number of phenols is 1. The first-order valence-corrected chi connectivity index (χ1v) is 8.80. The lowest BCUT2D eigenvalue weighted by atomic mass is 10.2. The Kier molecular flexibility index (Phi) is 8.34. The Hall–Kier alpha value is -1.99. The van der Waals surface area contributed by atoms with Gasteiger partial charge in [0.2, 0.25) is 0 Å². The smallest absolute Gasteiger partial charge is 0.191 e. The highest BCUT2D eigenvalue weighted by atomic mass is 16.5. The second-order valence-electron chi connectivity index (χ2n) is 5.83. The molecule has 7 nitrogen and oxygen atoms in total. The minimum Gasteiger partial charge on any atom is -0.508 e. The highest BCUT2D eigenvalue weighted by Crippen LogP contribution is 2.23.